The van der Waals surface area contributed by atoms with Crippen LogP contribution in [0, 0.1) is 0 Å². The van der Waals surface area contributed by atoms with Gasteiger partial charge in [0, 0.05) is 49.3 Å². The fraction of sp³-hybridized carbons (Fsp3) is 0.0566. The van der Waals surface area contributed by atoms with Gasteiger partial charge in [0.2, 0.25) is 0 Å². The van der Waals surface area contributed by atoms with Crippen molar-refractivity contribution in [2.45, 2.75) is 29.4 Å². The first-order chi connectivity index (χ1) is 27.9. The van der Waals surface area contributed by atoms with Crippen molar-refractivity contribution in [2.75, 3.05) is 9.80 Å². The second kappa shape index (κ2) is 14.3. The molecule has 1 aliphatic rings. The predicted molar refractivity (Wildman–Crippen MR) is 249 cm³/mol. The first kappa shape index (κ1) is 35.1. The highest BCUT2D eigenvalue weighted by Crippen LogP contribution is 2.52. The average Bonchev–Trinajstić information content (AvgIpc) is 3.25. The third kappa shape index (κ3) is 6.51. The van der Waals surface area contributed by atoms with Crippen molar-refractivity contribution >= 4 is 80.7 Å². The summed E-state index contributed by atoms with van der Waals surface area (Å²) in [6.45, 7) is 7.22. The Bertz CT molecular complexity index is 2890. The molecule has 0 saturated carbocycles. The maximum Gasteiger partial charge on any atom is 0.0775 e. The molecule has 1 heterocycles. The van der Waals surface area contributed by atoms with Crippen molar-refractivity contribution in [1.29, 1.82) is 0 Å². The molecular weight excluding hydrogens is 725 g/mol. The normalized spacial score (nSPS) is 12.1. The van der Waals surface area contributed by atoms with E-state index in [2.05, 4.69) is 230 Å². The predicted octanol–water partition coefficient (Wildman–Crippen LogP) is 15.3. The maximum absolute atomic E-state index is 2.41. The molecule has 274 valence electrons. The minimum atomic E-state index is -1.42. The van der Waals surface area contributed by atoms with Gasteiger partial charge < -0.3 is 9.80 Å². The van der Waals surface area contributed by atoms with Gasteiger partial charge in [-0.2, -0.15) is 0 Å². The third-order valence-corrected chi connectivity index (χ3v) is 14.4. The fourth-order valence-electron chi connectivity index (χ4n) is 8.27. The largest absolute Gasteiger partial charge is 0.310 e. The summed E-state index contributed by atoms with van der Waals surface area (Å²) in [7, 11) is -1.42. The van der Waals surface area contributed by atoms with E-state index in [-0.39, 0.29) is 0 Å². The van der Waals surface area contributed by atoms with Crippen LogP contribution in [0.25, 0.3) is 43.8 Å². The lowest BCUT2D eigenvalue weighted by Crippen LogP contribution is -2.37. The summed E-state index contributed by atoms with van der Waals surface area (Å²) < 4.78 is 0. The highest BCUT2D eigenvalue weighted by molar-refractivity contribution is 7.99. The molecule has 0 bridgehead atoms. The summed E-state index contributed by atoms with van der Waals surface area (Å²) in [5.74, 6) is 0. The molecular formula is C53H42N2SSi. The number of benzene rings is 9. The Hall–Kier alpha value is -6.33. The zero-order chi connectivity index (χ0) is 38.5. The summed E-state index contributed by atoms with van der Waals surface area (Å²) in [5.41, 5.74) is 11.9. The van der Waals surface area contributed by atoms with E-state index >= 15 is 0 Å². The number of anilines is 6. The van der Waals surface area contributed by atoms with Crippen LogP contribution in [0.15, 0.2) is 210 Å². The molecule has 0 spiro atoms. The van der Waals surface area contributed by atoms with Crippen LogP contribution in [-0.4, -0.2) is 8.07 Å². The van der Waals surface area contributed by atoms with Crippen molar-refractivity contribution in [3.8, 4) is 22.3 Å². The van der Waals surface area contributed by atoms with Gasteiger partial charge in [-0.3, -0.25) is 0 Å². The monoisotopic (exact) mass is 766 g/mol. The van der Waals surface area contributed by atoms with Crippen molar-refractivity contribution in [1.82, 2.24) is 0 Å². The van der Waals surface area contributed by atoms with Crippen LogP contribution in [0.1, 0.15) is 0 Å². The van der Waals surface area contributed by atoms with Gasteiger partial charge in [0.25, 0.3) is 0 Å². The topological polar surface area (TPSA) is 6.48 Å². The lowest BCUT2D eigenvalue weighted by molar-refractivity contribution is 1.26. The minimum absolute atomic E-state index is 1.12. The molecule has 1 aliphatic heterocycles. The smallest absolute Gasteiger partial charge is 0.0775 e. The minimum Gasteiger partial charge on any atom is -0.310 e. The second-order valence-electron chi connectivity index (χ2n) is 15.8. The summed E-state index contributed by atoms with van der Waals surface area (Å²) in [6, 6.07) is 73.4. The first-order valence-electron chi connectivity index (χ1n) is 19.7. The Labute approximate surface area is 340 Å². The SMILES string of the molecule is C[Si](C)(C)c1ccc(N(c2ccccc2)c2ccc3c(c2)Sc2cccc4c2c-3cc2ccc(N(c3ccccc3)c3ccc(-c5ccccc5)cc3)cc24)cc1. The van der Waals surface area contributed by atoms with Gasteiger partial charge in [0.1, 0.15) is 0 Å². The van der Waals surface area contributed by atoms with Crippen LogP contribution in [0.4, 0.5) is 34.1 Å². The van der Waals surface area contributed by atoms with E-state index in [9.17, 15) is 0 Å². The zero-order valence-electron chi connectivity index (χ0n) is 32.4. The quantitative estimate of drug-likeness (QED) is 0.112. The average molecular weight is 767 g/mol. The van der Waals surface area contributed by atoms with Gasteiger partial charge in [-0.15, -0.1) is 0 Å². The van der Waals surface area contributed by atoms with Gasteiger partial charge >= 0.3 is 0 Å². The van der Waals surface area contributed by atoms with Gasteiger partial charge in [-0.1, -0.05) is 152 Å². The van der Waals surface area contributed by atoms with Crippen molar-refractivity contribution in [2.24, 2.45) is 0 Å². The third-order valence-electron chi connectivity index (χ3n) is 11.2. The molecule has 9 aromatic carbocycles. The molecule has 57 heavy (non-hydrogen) atoms. The van der Waals surface area contributed by atoms with Gasteiger partial charge in [-0.05, 0) is 123 Å². The van der Waals surface area contributed by atoms with Crippen LogP contribution in [0.5, 0.6) is 0 Å². The zero-order valence-corrected chi connectivity index (χ0v) is 34.2. The van der Waals surface area contributed by atoms with Crippen molar-refractivity contribution in [3.63, 3.8) is 0 Å². The maximum atomic E-state index is 2.41. The molecule has 0 fully saturated rings. The molecule has 0 amide bonds. The van der Waals surface area contributed by atoms with Gasteiger partial charge in [0.15, 0.2) is 0 Å². The molecule has 0 unspecified atom stereocenters. The lowest BCUT2D eigenvalue weighted by Gasteiger charge is -2.29. The molecule has 2 nitrogen and oxygen atoms in total. The fourth-order valence-corrected chi connectivity index (χ4v) is 10.6. The van der Waals surface area contributed by atoms with Crippen LogP contribution in [0.2, 0.25) is 19.6 Å². The molecule has 0 atom stereocenters. The molecule has 0 saturated heterocycles. The molecule has 0 N–H and O–H groups in total. The van der Waals surface area contributed by atoms with Crippen LogP contribution < -0.4 is 15.0 Å². The lowest BCUT2D eigenvalue weighted by atomic mass is 9.92. The summed E-state index contributed by atoms with van der Waals surface area (Å²) >= 11 is 1.88. The number of nitrogens with zero attached hydrogens (tertiary/aromatic N) is 2. The van der Waals surface area contributed by atoms with Crippen LogP contribution in [0.3, 0.4) is 0 Å². The van der Waals surface area contributed by atoms with E-state index < -0.39 is 8.07 Å². The highest BCUT2D eigenvalue weighted by Gasteiger charge is 2.24. The van der Waals surface area contributed by atoms with Gasteiger partial charge in [0.05, 0.1) is 8.07 Å². The highest BCUT2D eigenvalue weighted by atomic mass is 32.2. The summed E-state index contributed by atoms with van der Waals surface area (Å²) in [6.07, 6.45) is 0. The molecule has 0 radical (unpaired) electrons. The summed E-state index contributed by atoms with van der Waals surface area (Å²) in [5, 5.41) is 6.57. The Balaban J connectivity index is 1.07. The molecule has 0 aliphatic carbocycles. The Morgan fingerprint density at radius 3 is 1.53 bits per heavy atom. The number of fused-ring (bicyclic) bond motifs is 4. The van der Waals surface area contributed by atoms with Crippen LogP contribution >= 0.6 is 11.8 Å². The Morgan fingerprint density at radius 1 is 0.368 bits per heavy atom. The van der Waals surface area contributed by atoms with E-state index in [1.54, 1.807) is 0 Å². The van der Waals surface area contributed by atoms with Crippen molar-refractivity contribution < 1.29 is 0 Å². The Morgan fingerprint density at radius 2 is 0.895 bits per heavy atom. The van der Waals surface area contributed by atoms with E-state index in [1.807, 2.05) is 11.8 Å². The van der Waals surface area contributed by atoms with E-state index in [0.717, 1.165) is 28.4 Å². The molecule has 0 aromatic heterocycles. The molecule has 4 heteroatoms. The number of hydrogen-bond acceptors (Lipinski definition) is 3. The number of para-hydroxylation sites is 2. The number of rotatable bonds is 8. The molecule has 10 rings (SSSR count). The first-order valence-corrected chi connectivity index (χ1v) is 24.0. The standard InChI is InChI=1S/C53H42N2SSi/c1-57(2,3)46-31-28-43(29-32-46)55(41-18-11-6-12-19-41)45-30-33-47-50-34-39-24-27-44(35-49(39)48-20-13-21-51(53(48)50)56-52(47)36-45)54(40-16-9-5-10-17-40)42-25-22-38(23-26-42)37-14-7-4-8-15-37/h4-36H,1-3H3. The van der Waals surface area contributed by atoms with E-state index in [0.29, 0.717) is 0 Å². The second-order valence-corrected chi connectivity index (χ2v) is 22.0. The summed E-state index contributed by atoms with van der Waals surface area (Å²) in [4.78, 5) is 7.33. The van der Waals surface area contributed by atoms with Crippen molar-refractivity contribution in [3.05, 3.63) is 200 Å². The molecule has 9 aromatic rings. The van der Waals surface area contributed by atoms with E-state index in [1.165, 1.54) is 64.5 Å². The number of hydrogen-bond donors (Lipinski definition) is 0. The van der Waals surface area contributed by atoms with Gasteiger partial charge in [-0.25, -0.2) is 0 Å². The van der Waals surface area contributed by atoms with E-state index in [4.69, 9.17) is 0 Å². The Kier molecular flexibility index (Phi) is 8.81. The van der Waals surface area contributed by atoms with Crippen LogP contribution in [-0.2, 0) is 0 Å².